The third-order valence-electron chi connectivity index (χ3n) is 2.11. The van der Waals surface area contributed by atoms with Crippen molar-refractivity contribution in [2.24, 2.45) is 0 Å². The molecule has 1 aromatic carbocycles. The first-order chi connectivity index (χ1) is 5.27. The Balaban J connectivity index is 2.52. The molecule has 0 bridgehead atoms. The van der Waals surface area contributed by atoms with Gasteiger partial charge in [0.2, 0.25) is 0 Å². The molecule has 0 unspecified atom stereocenters. The number of halogens is 2. The lowest BCUT2D eigenvalue weighted by Crippen LogP contribution is -1.81. The van der Waals surface area contributed by atoms with Crippen LogP contribution in [0.5, 0.6) is 0 Å². The smallest absolute Gasteiger partial charge is 0.0409 e. The van der Waals surface area contributed by atoms with Crippen LogP contribution in [0.4, 0.5) is 0 Å². The highest BCUT2D eigenvalue weighted by atomic mass is 79.9. The number of aryl methyl sites for hydroxylation is 1. The molecule has 0 radical (unpaired) electrons. The molecule has 0 fully saturated rings. The molecule has 58 valence electrons. The van der Waals surface area contributed by atoms with E-state index in [-0.39, 0.29) is 0 Å². The van der Waals surface area contributed by atoms with Gasteiger partial charge in [-0.1, -0.05) is 33.6 Å². The summed E-state index contributed by atoms with van der Waals surface area (Å²) in [4.78, 5) is 0.524. The highest BCUT2D eigenvalue weighted by molar-refractivity contribution is 9.09. The van der Waals surface area contributed by atoms with Crippen LogP contribution < -0.4 is 0 Å². The van der Waals surface area contributed by atoms with Gasteiger partial charge in [-0.25, -0.2) is 0 Å². The molecule has 0 aliphatic heterocycles. The third-order valence-corrected chi connectivity index (χ3v) is 3.30. The van der Waals surface area contributed by atoms with E-state index in [2.05, 4.69) is 28.1 Å². The van der Waals surface area contributed by atoms with Gasteiger partial charge in [0.25, 0.3) is 0 Å². The molecule has 2 rings (SSSR count). The maximum Gasteiger partial charge on any atom is 0.0409 e. The van der Waals surface area contributed by atoms with Crippen molar-refractivity contribution in [1.29, 1.82) is 0 Å². The predicted octanol–water partition coefficient (Wildman–Crippen LogP) is 3.72. The van der Waals surface area contributed by atoms with Gasteiger partial charge in [0.1, 0.15) is 0 Å². The molecule has 0 saturated carbocycles. The largest absolute Gasteiger partial charge is 0.0843 e. The van der Waals surface area contributed by atoms with Crippen LogP contribution >= 0.6 is 27.5 Å². The van der Waals surface area contributed by atoms with Gasteiger partial charge in [-0.05, 0) is 36.1 Å². The van der Waals surface area contributed by atoms with Crippen LogP contribution in [0, 0.1) is 0 Å². The Kier molecular flexibility index (Phi) is 1.94. The van der Waals surface area contributed by atoms with Crippen LogP contribution in [0.3, 0.4) is 0 Å². The number of fused-ring (bicyclic) bond motifs is 1. The van der Waals surface area contributed by atoms with Crippen molar-refractivity contribution < 1.29 is 0 Å². The minimum atomic E-state index is 0.524. The lowest BCUT2D eigenvalue weighted by atomic mass is 10.1. The van der Waals surface area contributed by atoms with Crippen LogP contribution in [0.15, 0.2) is 18.2 Å². The summed E-state index contributed by atoms with van der Waals surface area (Å²) in [5.74, 6) is 0. The Morgan fingerprint density at radius 1 is 1.45 bits per heavy atom. The van der Waals surface area contributed by atoms with E-state index in [9.17, 15) is 0 Å². The number of benzene rings is 1. The molecule has 0 aromatic heterocycles. The van der Waals surface area contributed by atoms with Crippen LogP contribution in [-0.2, 0) is 6.42 Å². The minimum absolute atomic E-state index is 0.524. The summed E-state index contributed by atoms with van der Waals surface area (Å²) in [5.41, 5.74) is 2.81. The first kappa shape index (κ1) is 7.63. The number of hydrogen-bond donors (Lipinski definition) is 0. The summed E-state index contributed by atoms with van der Waals surface area (Å²) in [6.07, 6.45) is 2.39. The van der Waals surface area contributed by atoms with E-state index in [1.807, 2.05) is 6.07 Å². The Morgan fingerprint density at radius 3 is 3.09 bits per heavy atom. The maximum atomic E-state index is 5.87. The second-order valence-corrected chi connectivity index (χ2v) is 4.39. The molecule has 11 heavy (non-hydrogen) atoms. The van der Waals surface area contributed by atoms with Gasteiger partial charge in [0, 0.05) is 9.85 Å². The first-order valence-corrected chi connectivity index (χ1v) is 4.99. The number of rotatable bonds is 0. The molecule has 0 saturated heterocycles. The van der Waals surface area contributed by atoms with Gasteiger partial charge >= 0.3 is 0 Å². The summed E-state index contributed by atoms with van der Waals surface area (Å²) in [5, 5.41) is 0.843. The van der Waals surface area contributed by atoms with Gasteiger partial charge in [-0.15, -0.1) is 0 Å². The summed E-state index contributed by atoms with van der Waals surface area (Å²) >= 11 is 9.48. The average Bonchev–Trinajstić information content (AvgIpc) is 2.33. The summed E-state index contributed by atoms with van der Waals surface area (Å²) < 4.78 is 0. The highest BCUT2D eigenvalue weighted by Gasteiger charge is 2.19. The molecule has 0 N–H and O–H groups in total. The topological polar surface area (TPSA) is 0 Å². The SMILES string of the molecule is Clc1ccc2c(c1)[C@@H](Br)CC2. The molecule has 2 heteroatoms. The first-order valence-electron chi connectivity index (χ1n) is 3.70. The molecule has 1 aliphatic rings. The Labute approximate surface area is 79.7 Å². The average molecular weight is 232 g/mol. The zero-order valence-electron chi connectivity index (χ0n) is 5.98. The second kappa shape index (κ2) is 2.80. The van der Waals surface area contributed by atoms with Crippen LogP contribution in [0.25, 0.3) is 0 Å². The monoisotopic (exact) mass is 230 g/mol. The van der Waals surface area contributed by atoms with E-state index in [1.54, 1.807) is 0 Å². The molecule has 1 atom stereocenters. The van der Waals surface area contributed by atoms with E-state index in [4.69, 9.17) is 11.6 Å². The van der Waals surface area contributed by atoms with Crippen molar-refractivity contribution >= 4 is 27.5 Å². The molecule has 1 aliphatic carbocycles. The maximum absolute atomic E-state index is 5.87. The van der Waals surface area contributed by atoms with Crippen molar-refractivity contribution in [3.05, 3.63) is 34.3 Å². The molecule has 0 spiro atoms. The van der Waals surface area contributed by atoms with Gasteiger partial charge in [-0.3, -0.25) is 0 Å². The van der Waals surface area contributed by atoms with E-state index >= 15 is 0 Å². The third kappa shape index (κ3) is 1.32. The van der Waals surface area contributed by atoms with Crippen molar-refractivity contribution in [3.63, 3.8) is 0 Å². The van der Waals surface area contributed by atoms with E-state index < -0.39 is 0 Å². The fraction of sp³-hybridized carbons (Fsp3) is 0.333. The molecular formula is C9H8BrCl. The van der Waals surface area contributed by atoms with E-state index in [0.717, 1.165) is 5.02 Å². The molecule has 0 amide bonds. The van der Waals surface area contributed by atoms with Gasteiger partial charge < -0.3 is 0 Å². The Morgan fingerprint density at radius 2 is 2.27 bits per heavy atom. The van der Waals surface area contributed by atoms with Crippen molar-refractivity contribution in [2.45, 2.75) is 17.7 Å². The van der Waals surface area contributed by atoms with Crippen molar-refractivity contribution in [1.82, 2.24) is 0 Å². The zero-order valence-corrected chi connectivity index (χ0v) is 8.32. The van der Waals surface area contributed by atoms with Gasteiger partial charge in [-0.2, -0.15) is 0 Å². The standard InChI is InChI=1S/C9H8BrCl/c10-9-4-2-6-1-3-7(11)5-8(6)9/h1,3,5,9H,2,4H2/t9-/m0/s1. The highest BCUT2D eigenvalue weighted by Crippen LogP contribution is 2.38. The summed E-state index contributed by atoms with van der Waals surface area (Å²) in [6.45, 7) is 0. The van der Waals surface area contributed by atoms with Crippen LogP contribution in [-0.4, -0.2) is 0 Å². The summed E-state index contributed by atoms with van der Waals surface area (Å²) in [6, 6.07) is 6.15. The van der Waals surface area contributed by atoms with Crippen LogP contribution in [0.2, 0.25) is 5.02 Å². The normalized spacial score (nSPS) is 21.8. The zero-order chi connectivity index (χ0) is 7.84. The Hall–Kier alpha value is -0.0100. The molecule has 1 aromatic rings. The van der Waals surface area contributed by atoms with Gasteiger partial charge in [0.05, 0.1) is 0 Å². The predicted molar refractivity (Wildman–Crippen MR) is 51.4 cm³/mol. The number of alkyl halides is 1. The van der Waals surface area contributed by atoms with Crippen LogP contribution in [0.1, 0.15) is 22.4 Å². The number of hydrogen-bond acceptors (Lipinski definition) is 0. The van der Waals surface area contributed by atoms with E-state index in [0.29, 0.717) is 4.83 Å². The lowest BCUT2D eigenvalue weighted by molar-refractivity contribution is 0.903. The van der Waals surface area contributed by atoms with Gasteiger partial charge in [0.15, 0.2) is 0 Å². The van der Waals surface area contributed by atoms with E-state index in [1.165, 1.54) is 24.0 Å². The Bertz CT molecular complexity index is 283. The molecule has 0 heterocycles. The van der Waals surface area contributed by atoms with Crippen molar-refractivity contribution in [3.8, 4) is 0 Å². The molecular weight excluding hydrogens is 223 g/mol. The fourth-order valence-electron chi connectivity index (χ4n) is 1.52. The summed E-state index contributed by atoms with van der Waals surface area (Å²) in [7, 11) is 0. The molecule has 0 nitrogen and oxygen atoms in total. The quantitative estimate of drug-likeness (QED) is 0.597. The van der Waals surface area contributed by atoms with Crippen molar-refractivity contribution in [2.75, 3.05) is 0 Å². The lowest BCUT2D eigenvalue weighted by Gasteiger charge is -2.01. The minimum Gasteiger partial charge on any atom is -0.0843 e. The second-order valence-electron chi connectivity index (χ2n) is 2.85. The fourth-order valence-corrected chi connectivity index (χ4v) is 2.36.